The fraction of sp³-hybridized carbons (Fsp3) is 0.618. The first-order chi connectivity index (χ1) is 19.9. The van der Waals surface area contributed by atoms with Crippen LogP contribution in [-0.2, 0) is 11.2 Å². The van der Waals surface area contributed by atoms with Gasteiger partial charge in [-0.3, -0.25) is 9.69 Å². The van der Waals surface area contributed by atoms with Gasteiger partial charge < -0.3 is 14.9 Å². The van der Waals surface area contributed by atoms with Crippen molar-refractivity contribution >= 4 is 5.97 Å². The van der Waals surface area contributed by atoms with Crippen molar-refractivity contribution in [1.82, 2.24) is 14.7 Å². The maximum absolute atomic E-state index is 13.7. The molecule has 2 heterocycles. The Balaban J connectivity index is 1.19. The van der Waals surface area contributed by atoms with Crippen LogP contribution in [-0.4, -0.2) is 83.7 Å². The van der Waals surface area contributed by atoms with Crippen LogP contribution in [0, 0.1) is 23.5 Å². The molecule has 0 radical (unpaired) electrons. The number of hydrogen-bond donors (Lipinski definition) is 1. The molecule has 0 spiro atoms. The van der Waals surface area contributed by atoms with E-state index in [0.29, 0.717) is 24.3 Å². The molecule has 224 valence electrons. The van der Waals surface area contributed by atoms with Gasteiger partial charge in [0.05, 0.1) is 0 Å². The van der Waals surface area contributed by atoms with Gasteiger partial charge in [0.15, 0.2) is 11.6 Å². The fourth-order valence-electron chi connectivity index (χ4n) is 7.87. The van der Waals surface area contributed by atoms with Gasteiger partial charge in [0.2, 0.25) is 0 Å². The van der Waals surface area contributed by atoms with Gasteiger partial charge in [0.25, 0.3) is 0 Å². The largest absolute Gasteiger partial charge is 0.480 e. The zero-order valence-corrected chi connectivity index (χ0v) is 24.6. The molecule has 2 aromatic rings. The Bertz CT molecular complexity index is 1120. The van der Waals surface area contributed by atoms with Crippen LogP contribution in [0.2, 0.25) is 0 Å². The molecule has 1 saturated carbocycles. The van der Waals surface area contributed by atoms with Crippen molar-refractivity contribution < 1.29 is 18.7 Å². The number of nitrogens with zero attached hydrogens (tertiary/aromatic N) is 3. The van der Waals surface area contributed by atoms with E-state index in [4.69, 9.17) is 0 Å². The summed E-state index contributed by atoms with van der Waals surface area (Å²) in [4.78, 5) is 19.9. The van der Waals surface area contributed by atoms with Crippen molar-refractivity contribution in [2.75, 3.05) is 45.8 Å². The Hall–Kier alpha value is -2.35. The van der Waals surface area contributed by atoms with Crippen LogP contribution >= 0.6 is 0 Å². The van der Waals surface area contributed by atoms with E-state index in [1.165, 1.54) is 24.1 Å². The van der Waals surface area contributed by atoms with E-state index in [1.807, 2.05) is 0 Å². The number of likely N-dealkylation sites (tertiary alicyclic amines) is 2. The first kappa shape index (κ1) is 30.1. The van der Waals surface area contributed by atoms with Crippen LogP contribution in [0.5, 0.6) is 0 Å². The summed E-state index contributed by atoms with van der Waals surface area (Å²) in [6.07, 6.45) is 8.51. The summed E-state index contributed by atoms with van der Waals surface area (Å²) >= 11 is 0. The number of carbonyl (C=O) groups is 1. The van der Waals surface area contributed by atoms with Crippen molar-refractivity contribution in [3.63, 3.8) is 0 Å². The highest BCUT2D eigenvalue weighted by Gasteiger charge is 2.43. The number of carboxylic acids is 1. The molecule has 0 aromatic heterocycles. The van der Waals surface area contributed by atoms with Gasteiger partial charge in [-0.05, 0) is 86.8 Å². The summed E-state index contributed by atoms with van der Waals surface area (Å²) in [5.41, 5.74) is 2.17. The van der Waals surface area contributed by atoms with Crippen LogP contribution in [0.1, 0.15) is 68.9 Å². The van der Waals surface area contributed by atoms with Gasteiger partial charge in [-0.15, -0.1) is 0 Å². The SMILES string of the molecule is CCN(CCc1ccc(F)c(F)c1)C1CCN(C[C@H]2CN([C@@H](C(=O)O)C3CCCCC3)C[C@@H]2c2ccccc2)CC1. The van der Waals surface area contributed by atoms with E-state index >= 15 is 0 Å². The fourth-order valence-corrected chi connectivity index (χ4v) is 7.87. The average Bonchev–Trinajstić information content (AvgIpc) is 3.39. The third kappa shape index (κ3) is 7.54. The van der Waals surface area contributed by atoms with Crippen LogP contribution in [0.3, 0.4) is 0 Å². The topological polar surface area (TPSA) is 47.0 Å². The van der Waals surface area contributed by atoms with Crippen molar-refractivity contribution in [3.05, 3.63) is 71.3 Å². The normalized spacial score (nSPS) is 24.2. The number of halogens is 2. The Morgan fingerprint density at radius 3 is 2.37 bits per heavy atom. The standard InChI is InChI=1S/C34H47F2N3O2/c1-2-38(20-15-25-13-14-31(35)32(36)21-25)29-16-18-37(19-17-29)22-28-23-39(24-30(28)26-9-5-3-6-10-26)33(34(40)41)27-11-7-4-8-12-27/h3,5-6,9-10,13-14,21,27-30,33H,2,4,7-8,11-12,15-20,22-24H2,1H3,(H,40,41)/t28-,30+,33+/m0/s1. The lowest BCUT2D eigenvalue weighted by atomic mass is 9.83. The number of benzene rings is 2. The predicted molar refractivity (Wildman–Crippen MR) is 159 cm³/mol. The van der Waals surface area contributed by atoms with Crippen LogP contribution in [0.4, 0.5) is 8.78 Å². The van der Waals surface area contributed by atoms with Gasteiger partial charge in [-0.2, -0.15) is 0 Å². The molecule has 1 N–H and O–H groups in total. The molecule has 0 unspecified atom stereocenters. The number of likely N-dealkylation sites (N-methyl/N-ethyl adjacent to an activating group) is 1. The summed E-state index contributed by atoms with van der Waals surface area (Å²) < 4.78 is 27.0. The Labute approximate surface area is 244 Å². The van der Waals surface area contributed by atoms with Crippen molar-refractivity contribution in [2.24, 2.45) is 11.8 Å². The first-order valence-corrected chi connectivity index (χ1v) is 15.8. The molecule has 3 fully saturated rings. The monoisotopic (exact) mass is 567 g/mol. The Morgan fingerprint density at radius 2 is 1.71 bits per heavy atom. The molecular weight excluding hydrogens is 520 g/mol. The van der Waals surface area contributed by atoms with Crippen molar-refractivity contribution in [1.29, 1.82) is 0 Å². The zero-order chi connectivity index (χ0) is 28.8. The number of rotatable bonds is 11. The van der Waals surface area contributed by atoms with E-state index in [-0.39, 0.29) is 12.0 Å². The molecule has 41 heavy (non-hydrogen) atoms. The first-order valence-electron chi connectivity index (χ1n) is 15.8. The lowest BCUT2D eigenvalue weighted by Crippen LogP contribution is -2.48. The summed E-state index contributed by atoms with van der Waals surface area (Å²) in [6.45, 7) is 8.72. The summed E-state index contributed by atoms with van der Waals surface area (Å²) in [5, 5.41) is 10.3. The molecule has 7 heteroatoms. The van der Waals surface area contributed by atoms with Gasteiger partial charge in [-0.25, -0.2) is 8.78 Å². The molecule has 0 amide bonds. The number of aliphatic carboxylic acids is 1. The molecule has 2 aliphatic heterocycles. The number of piperidine rings is 1. The van der Waals surface area contributed by atoms with E-state index in [1.54, 1.807) is 6.07 Å². The minimum absolute atomic E-state index is 0.263. The molecule has 2 aromatic carbocycles. The summed E-state index contributed by atoms with van der Waals surface area (Å²) in [7, 11) is 0. The maximum Gasteiger partial charge on any atom is 0.321 e. The molecule has 5 rings (SSSR count). The minimum Gasteiger partial charge on any atom is -0.480 e. The molecule has 3 aliphatic rings. The van der Waals surface area contributed by atoms with Crippen LogP contribution < -0.4 is 0 Å². The third-order valence-corrected chi connectivity index (χ3v) is 10.1. The van der Waals surface area contributed by atoms with Crippen molar-refractivity contribution in [3.8, 4) is 0 Å². The van der Waals surface area contributed by atoms with Crippen molar-refractivity contribution in [2.45, 2.75) is 76.3 Å². The van der Waals surface area contributed by atoms with E-state index in [9.17, 15) is 18.7 Å². The quantitative estimate of drug-likeness (QED) is 0.359. The minimum atomic E-state index is -0.791. The van der Waals surface area contributed by atoms with Gasteiger partial charge in [-0.1, -0.05) is 62.6 Å². The van der Waals surface area contributed by atoms with Gasteiger partial charge >= 0.3 is 5.97 Å². The lowest BCUT2D eigenvalue weighted by Gasteiger charge is -2.39. The second kappa shape index (κ2) is 14.2. The van der Waals surface area contributed by atoms with E-state index < -0.39 is 17.6 Å². The molecular formula is C34H47F2N3O2. The maximum atomic E-state index is 13.7. The Morgan fingerprint density at radius 1 is 0.976 bits per heavy atom. The molecule has 1 aliphatic carbocycles. The zero-order valence-electron chi connectivity index (χ0n) is 24.6. The van der Waals surface area contributed by atoms with Gasteiger partial charge in [0, 0.05) is 38.1 Å². The smallest absolute Gasteiger partial charge is 0.321 e. The van der Waals surface area contributed by atoms with E-state index in [0.717, 1.165) is 89.9 Å². The average molecular weight is 568 g/mol. The molecule has 2 saturated heterocycles. The molecule has 3 atom stereocenters. The summed E-state index contributed by atoms with van der Waals surface area (Å²) in [6, 6.07) is 15.1. The molecule has 0 bridgehead atoms. The van der Waals surface area contributed by atoms with Crippen LogP contribution in [0.25, 0.3) is 0 Å². The predicted octanol–water partition coefficient (Wildman–Crippen LogP) is 6.04. The second-order valence-corrected chi connectivity index (χ2v) is 12.6. The number of hydrogen-bond acceptors (Lipinski definition) is 4. The summed E-state index contributed by atoms with van der Waals surface area (Å²) in [5.74, 6) is -1.18. The van der Waals surface area contributed by atoms with Gasteiger partial charge in [0.1, 0.15) is 6.04 Å². The van der Waals surface area contributed by atoms with E-state index in [2.05, 4.69) is 52.0 Å². The Kier molecular flexibility index (Phi) is 10.4. The highest BCUT2D eigenvalue weighted by atomic mass is 19.2. The number of carboxylic acid groups (broad SMARTS) is 1. The lowest BCUT2D eigenvalue weighted by molar-refractivity contribution is -0.145. The highest BCUT2D eigenvalue weighted by Crippen LogP contribution is 2.38. The highest BCUT2D eigenvalue weighted by molar-refractivity contribution is 5.74. The molecule has 5 nitrogen and oxygen atoms in total. The third-order valence-electron chi connectivity index (χ3n) is 10.1. The second-order valence-electron chi connectivity index (χ2n) is 12.6. The van der Waals surface area contributed by atoms with Crippen LogP contribution in [0.15, 0.2) is 48.5 Å².